The number of ether oxygens (including phenoxy) is 1. The van der Waals surface area contributed by atoms with E-state index in [1.165, 1.54) is 10.5 Å². The summed E-state index contributed by atoms with van der Waals surface area (Å²) in [5.41, 5.74) is 1.20. The number of halogens is 3. The smallest absolute Gasteiger partial charge is 0.406 e. The zero-order valence-electron chi connectivity index (χ0n) is 16.3. The molecule has 1 aromatic carbocycles. The lowest BCUT2D eigenvalue weighted by Crippen LogP contribution is -2.55. The monoisotopic (exact) mass is 443 g/mol. The molecule has 1 amide bonds. The van der Waals surface area contributed by atoms with Gasteiger partial charge < -0.3 is 9.64 Å². The summed E-state index contributed by atoms with van der Waals surface area (Å²) < 4.78 is 67.5. The Morgan fingerprint density at radius 1 is 1.13 bits per heavy atom. The third-order valence-electron chi connectivity index (χ3n) is 4.70. The molecule has 1 saturated heterocycles. The van der Waals surface area contributed by atoms with Crippen LogP contribution in [0.4, 0.5) is 13.2 Å². The number of hydrogen-bond donors (Lipinski definition) is 0. The number of piperazine rings is 1. The fraction of sp³-hybridized carbons (Fsp3) is 0.368. The maximum atomic E-state index is 12.9. The second-order valence-corrected chi connectivity index (χ2v) is 8.86. The van der Waals surface area contributed by atoms with Crippen LogP contribution in [0, 0.1) is 6.92 Å². The largest absolute Gasteiger partial charge is 0.573 e. The predicted octanol–water partition coefficient (Wildman–Crippen LogP) is 2.82. The van der Waals surface area contributed by atoms with E-state index in [9.17, 15) is 26.4 Å². The van der Waals surface area contributed by atoms with Crippen LogP contribution in [0.3, 0.4) is 0 Å². The molecule has 0 saturated carbocycles. The molecule has 7 nitrogen and oxygen atoms in total. The van der Waals surface area contributed by atoms with Crippen LogP contribution in [-0.4, -0.2) is 60.6 Å². The molecule has 2 aromatic rings. The van der Waals surface area contributed by atoms with Gasteiger partial charge >= 0.3 is 6.36 Å². The highest BCUT2D eigenvalue weighted by atomic mass is 32.2. The first kappa shape index (κ1) is 22.0. The van der Waals surface area contributed by atoms with E-state index in [0.29, 0.717) is 5.56 Å². The lowest BCUT2D eigenvalue weighted by Gasteiger charge is -2.39. The molecule has 11 heteroatoms. The SMILES string of the molecule is Cc1ccc(C(=O)N2CCN(S(=O)(=O)c3ccc(OC(F)(F)F)cc3)C[C@@H]2C)cn1. The van der Waals surface area contributed by atoms with Crippen LogP contribution in [0.2, 0.25) is 0 Å². The maximum absolute atomic E-state index is 12.9. The Morgan fingerprint density at radius 2 is 1.80 bits per heavy atom. The standard InChI is InChI=1S/C19H20F3N3O4S/c1-13-3-4-15(11-23-13)18(26)25-10-9-24(12-14(25)2)30(27,28)17-7-5-16(6-8-17)29-19(20,21)22/h3-8,11,14H,9-10,12H2,1-2H3/t14-/m0/s1. The van der Waals surface area contributed by atoms with Crippen LogP contribution < -0.4 is 4.74 Å². The van der Waals surface area contributed by atoms with Gasteiger partial charge in [-0.1, -0.05) is 0 Å². The summed E-state index contributed by atoms with van der Waals surface area (Å²) in [4.78, 5) is 18.3. The van der Waals surface area contributed by atoms with Gasteiger partial charge in [-0.05, 0) is 50.2 Å². The molecule has 1 aliphatic rings. The molecule has 0 radical (unpaired) electrons. The lowest BCUT2D eigenvalue weighted by atomic mass is 10.1. The van der Waals surface area contributed by atoms with Crippen molar-refractivity contribution in [3.8, 4) is 5.75 Å². The first-order valence-corrected chi connectivity index (χ1v) is 10.5. The number of carbonyl (C=O) groups is 1. The van der Waals surface area contributed by atoms with E-state index in [1.54, 1.807) is 24.0 Å². The Bertz CT molecular complexity index is 1010. The summed E-state index contributed by atoms with van der Waals surface area (Å²) in [6.45, 7) is 3.86. The topological polar surface area (TPSA) is 79.8 Å². The van der Waals surface area contributed by atoms with Crippen molar-refractivity contribution < 1.29 is 31.1 Å². The molecule has 3 rings (SSSR count). The van der Waals surface area contributed by atoms with Gasteiger partial charge in [0.2, 0.25) is 10.0 Å². The highest BCUT2D eigenvalue weighted by Crippen LogP contribution is 2.26. The van der Waals surface area contributed by atoms with E-state index in [-0.39, 0.29) is 30.4 Å². The number of rotatable bonds is 4. The van der Waals surface area contributed by atoms with Crippen molar-refractivity contribution in [3.05, 3.63) is 53.9 Å². The van der Waals surface area contributed by atoms with Crippen molar-refractivity contribution in [3.63, 3.8) is 0 Å². The molecular weight excluding hydrogens is 423 g/mol. The third kappa shape index (κ3) is 4.90. The van der Waals surface area contributed by atoms with E-state index >= 15 is 0 Å². The maximum Gasteiger partial charge on any atom is 0.573 e. The molecule has 0 bridgehead atoms. The number of amides is 1. The second kappa shape index (κ2) is 8.23. The van der Waals surface area contributed by atoms with Gasteiger partial charge in [0.25, 0.3) is 5.91 Å². The Hall–Kier alpha value is -2.66. The highest BCUT2D eigenvalue weighted by molar-refractivity contribution is 7.89. The minimum Gasteiger partial charge on any atom is -0.406 e. The summed E-state index contributed by atoms with van der Waals surface area (Å²) in [6, 6.07) is 7.04. The molecule has 0 N–H and O–H groups in total. The molecule has 1 aromatic heterocycles. The number of carbonyl (C=O) groups excluding carboxylic acids is 1. The molecule has 0 unspecified atom stereocenters. The molecule has 162 valence electrons. The molecule has 0 spiro atoms. The number of hydrogen-bond acceptors (Lipinski definition) is 5. The van der Waals surface area contributed by atoms with Crippen molar-refractivity contribution >= 4 is 15.9 Å². The zero-order valence-corrected chi connectivity index (χ0v) is 17.1. The summed E-state index contributed by atoms with van der Waals surface area (Å²) >= 11 is 0. The van der Waals surface area contributed by atoms with Crippen molar-refractivity contribution in [2.75, 3.05) is 19.6 Å². The molecule has 2 heterocycles. The van der Waals surface area contributed by atoms with Crippen LogP contribution in [0.5, 0.6) is 5.75 Å². The summed E-state index contributed by atoms with van der Waals surface area (Å²) in [5.74, 6) is -0.738. The van der Waals surface area contributed by atoms with E-state index in [4.69, 9.17) is 0 Å². The van der Waals surface area contributed by atoms with E-state index in [2.05, 4.69) is 9.72 Å². The Labute approximate surface area is 172 Å². The summed E-state index contributed by atoms with van der Waals surface area (Å²) in [5, 5.41) is 0. The fourth-order valence-corrected chi connectivity index (χ4v) is 4.68. The molecule has 1 aliphatic heterocycles. The average Bonchev–Trinajstić information content (AvgIpc) is 2.67. The van der Waals surface area contributed by atoms with Gasteiger partial charge in [-0.15, -0.1) is 13.2 Å². The number of sulfonamides is 1. The number of aryl methyl sites for hydroxylation is 1. The summed E-state index contributed by atoms with van der Waals surface area (Å²) in [6.07, 6.45) is -3.37. The normalized spacial score (nSPS) is 18.3. The third-order valence-corrected chi connectivity index (χ3v) is 6.58. The van der Waals surface area contributed by atoms with E-state index in [1.807, 2.05) is 6.92 Å². The molecule has 30 heavy (non-hydrogen) atoms. The van der Waals surface area contributed by atoms with Gasteiger partial charge in [0.05, 0.1) is 10.5 Å². The van der Waals surface area contributed by atoms with Crippen molar-refractivity contribution in [2.24, 2.45) is 0 Å². The zero-order chi connectivity index (χ0) is 22.1. The van der Waals surface area contributed by atoms with Gasteiger partial charge in [0.1, 0.15) is 5.75 Å². The highest BCUT2D eigenvalue weighted by Gasteiger charge is 2.35. The van der Waals surface area contributed by atoms with E-state index in [0.717, 1.165) is 30.0 Å². The van der Waals surface area contributed by atoms with Crippen LogP contribution in [0.15, 0.2) is 47.5 Å². The van der Waals surface area contributed by atoms with Crippen LogP contribution in [0.1, 0.15) is 23.0 Å². The van der Waals surface area contributed by atoms with Gasteiger partial charge in [0.15, 0.2) is 0 Å². The van der Waals surface area contributed by atoms with Gasteiger partial charge in [0, 0.05) is 37.6 Å². The lowest BCUT2D eigenvalue weighted by molar-refractivity contribution is -0.274. The minimum atomic E-state index is -4.86. The van der Waals surface area contributed by atoms with Gasteiger partial charge in [-0.2, -0.15) is 4.31 Å². The number of pyridine rings is 1. The average molecular weight is 443 g/mol. The number of nitrogens with zero attached hydrogens (tertiary/aromatic N) is 3. The first-order chi connectivity index (χ1) is 14.0. The summed E-state index contributed by atoms with van der Waals surface area (Å²) in [7, 11) is -3.93. The molecular formula is C19H20F3N3O4S. The van der Waals surface area contributed by atoms with Crippen LogP contribution in [-0.2, 0) is 10.0 Å². The second-order valence-electron chi connectivity index (χ2n) is 6.92. The van der Waals surface area contributed by atoms with Gasteiger partial charge in [-0.25, -0.2) is 8.42 Å². The van der Waals surface area contributed by atoms with Crippen molar-refractivity contribution in [1.82, 2.24) is 14.2 Å². The predicted molar refractivity (Wildman–Crippen MR) is 101 cm³/mol. The van der Waals surface area contributed by atoms with Crippen molar-refractivity contribution in [1.29, 1.82) is 0 Å². The van der Waals surface area contributed by atoms with Crippen LogP contribution >= 0.6 is 0 Å². The number of benzene rings is 1. The van der Waals surface area contributed by atoms with Crippen molar-refractivity contribution in [2.45, 2.75) is 31.1 Å². The molecule has 1 atom stereocenters. The quantitative estimate of drug-likeness (QED) is 0.726. The first-order valence-electron chi connectivity index (χ1n) is 9.07. The van der Waals surface area contributed by atoms with Crippen LogP contribution in [0.25, 0.3) is 0 Å². The minimum absolute atomic E-state index is 0.0637. The molecule has 1 fully saturated rings. The fourth-order valence-electron chi connectivity index (χ4n) is 3.17. The Balaban J connectivity index is 1.70. The molecule has 0 aliphatic carbocycles. The number of alkyl halides is 3. The number of aromatic nitrogens is 1. The Morgan fingerprint density at radius 3 is 2.33 bits per heavy atom. The van der Waals surface area contributed by atoms with E-state index < -0.39 is 28.2 Å². The van der Waals surface area contributed by atoms with Gasteiger partial charge in [-0.3, -0.25) is 9.78 Å². The Kier molecular flexibility index (Phi) is 6.04.